The molecule has 0 aromatic carbocycles. The third-order valence-electron chi connectivity index (χ3n) is 11.0. The molecule has 5 rings (SSSR count). The molecule has 0 bridgehead atoms. The van der Waals surface area contributed by atoms with Gasteiger partial charge in [-0.25, -0.2) is 8.91 Å². The van der Waals surface area contributed by atoms with Crippen molar-refractivity contribution in [3.63, 3.8) is 0 Å². The van der Waals surface area contributed by atoms with Crippen LogP contribution in [0.5, 0.6) is 5.75 Å². The van der Waals surface area contributed by atoms with Crippen molar-refractivity contribution in [2.45, 2.75) is 129 Å². The van der Waals surface area contributed by atoms with Crippen LogP contribution in [0.3, 0.4) is 0 Å². The fraction of sp³-hybridized carbons (Fsp3) is 0.568. The Bertz CT molecular complexity index is 1810. The van der Waals surface area contributed by atoms with Gasteiger partial charge in [0.2, 0.25) is 0 Å². The summed E-state index contributed by atoms with van der Waals surface area (Å²) in [6.07, 6.45) is 8.48. The van der Waals surface area contributed by atoms with Crippen molar-refractivity contribution >= 4 is 22.2 Å². The van der Waals surface area contributed by atoms with Crippen molar-refractivity contribution in [3.8, 4) is 23.1 Å². The van der Waals surface area contributed by atoms with E-state index in [9.17, 15) is 9.65 Å². The fourth-order valence-corrected chi connectivity index (χ4v) is 8.32. The van der Waals surface area contributed by atoms with Crippen LogP contribution in [0, 0.1) is 24.1 Å². The Morgan fingerprint density at radius 2 is 1.65 bits per heavy atom. The van der Waals surface area contributed by atoms with E-state index in [1.54, 1.807) is 10.6 Å². The van der Waals surface area contributed by atoms with E-state index in [-0.39, 0.29) is 28.8 Å². The van der Waals surface area contributed by atoms with Crippen molar-refractivity contribution in [3.05, 3.63) is 65.6 Å². The normalized spacial score (nSPS) is 18.4. The van der Waals surface area contributed by atoms with Crippen LogP contribution >= 0.6 is 0 Å². The SMILES string of the molecule is Cc1c(-c2nn3cccc(OC(CO[Si](C)(C)C(C)(C)C)c4ccc(F)cn4)c3c2C#N)cnn1C1CCC(O[Si](C)(C)C(C)(C)C)CC1. The summed E-state index contributed by atoms with van der Waals surface area (Å²) in [5, 5.41) is 20.4. The Hall–Kier alpha value is -3.38. The molecule has 0 saturated heterocycles. The first kappa shape index (κ1) is 36.9. The topological polar surface area (TPSA) is 99.5 Å². The molecule has 4 heterocycles. The van der Waals surface area contributed by atoms with Crippen LogP contribution in [0.15, 0.2) is 42.9 Å². The molecular formula is C37H53FN6O3Si2. The molecule has 1 aliphatic rings. The molecule has 1 atom stereocenters. The van der Waals surface area contributed by atoms with Crippen molar-refractivity contribution in [1.82, 2.24) is 24.4 Å². The molecule has 1 fully saturated rings. The number of hydrogen-bond donors (Lipinski definition) is 0. The molecule has 1 aliphatic carbocycles. The van der Waals surface area contributed by atoms with Gasteiger partial charge in [0.25, 0.3) is 0 Å². The van der Waals surface area contributed by atoms with Gasteiger partial charge in [0.1, 0.15) is 34.4 Å². The lowest BCUT2D eigenvalue weighted by Crippen LogP contribution is -2.44. The van der Waals surface area contributed by atoms with Crippen LogP contribution in [0.25, 0.3) is 16.8 Å². The summed E-state index contributed by atoms with van der Waals surface area (Å²) in [4.78, 5) is 4.34. The summed E-state index contributed by atoms with van der Waals surface area (Å²) in [6.45, 7) is 24.7. The molecule has 0 radical (unpaired) electrons. The molecule has 0 spiro atoms. The van der Waals surface area contributed by atoms with E-state index in [0.29, 0.717) is 28.2 Å². The van der Waals surface area contributed by atoms with Crippen molar-refractivity contribution < 1.29 is 18.0 Å². The van der Waals surface area contributed by atoms with Gasteiger partial charge in [0, 0.05) is 23.6 Å². The van der Waals surface area contributed by atoms with Gasteiger partial charge >= 0.3 is 0 Å². The molecular weight excluding hydrogens is 652 g/mol. The zero-order chi connectivity index (χ0) is 35.9. The molecule has 264 valence electrons. The Kier molecular flexibility index (Phi) is 10.3. The minimum absolute atomic E-state index is 0.0117. The van der Waals surface area contributed by atoms with E-state index >= 15 is 0 Å². The molecule has 0 N–H and O–H groups in total. The van der Waals surface area contributed by atoms with Gasteiger partial charge in [0.15, 0.2) is 22.7 Å². The van der Waals surface area contributed by atoms with Crippen molar-refractivity contribution in [1.29, 1.82) is 5.26 Å². The van der Waals surface area contributed by atoms with Gasteiger partial charge in [0.05, 0.1) is 30.7 Å². The lowest BCUT2D eigenvalue weighted by molar-refractivity contribution is 0.115. The van der Waals surface area contributed by atoms with E-state index in [1.165, 1.54) is 12.3 Å². The van der Waals surface area contributed by atoms with Gasteiger partial charge in [-0.1, -0.05) is 41.5 Å². The number of aromatic nitrogens is 5. The molecule has 12 heteroatoms. The number of hydrogen-bond acceptors (Lipinski definition) is 7. The number of ether oxygens (including phenoxy) is 1. The van der Waals surface area contributed by atoms with Gasteiger partial charge in [-0.05, 0) is 93.1 Å². The molecule has 1 unspecified atom stereocenters. The molecule has 1 saturated carbocycles. The van der Waals surface area contributed by atoms with Gasteiger partial charge in [-0.2, -0.15) is 15.5 Å². The summed E-state index contributed by atoms with van der Waals surface area (Å²) in [6, 6.07) is 9.32. The second-order valence-corrected chi connectivity index (χ2v) is 26.0. The highest BCUT2D eigenvalue weighted by Gasteiger charge is 2.41. The van der Waals surface area contributed by atoms with Crippen LogP contribution in [0.1, 0.15) is 96.3 Å². The molecule has 0 amide bonds. The number of fused-ring (bicyclic) bond motifs is 1. The van der Waals surface area contributed by atoms with Crippen LogP contribution in [-0.4, -0.2) is 53.7 Å². The first-order valence-electron chi connectivity index (χ1n) is 17.4. The smallest absolute Gasteiger partial charge is 0.192 e. The van der Waals surface area contributed by atoms with E-state index in [4.69, 9.17) is 23.8 Å². The fourth-order valence-electron chi connectivity index (χ4n) is 5.90. The summed E-state index contributed by atoms with van der Waals surface area (Å²) < 4.78 is 37.6. The third kappa shape index (κ3) is 7.70. The Labute approximate surface area is 293 Å². The monoisotopic (exact) mass is 704 g/mol. The van der Waals surface area contributed by atoms with Crippen molar-refractivity contribution in [2.75, 3.05) is 6.61 Å². The lowest BCUT2D eigenvalue weighted by Gasteiger charge is -2.41. The zero-order valence-corrected chi connectivity index (χ0v) is 33.1. The van der Waals surface area contributed by atoms with Crippen LogP contribution in [-0.2, 0) is 8.85 Å². The number of pyridine rings is 2. The predicted octanol–water partition coefficient (Wildman–Crippen LogP) is 9.56. The lowest BCUT2D eigenvalue weighted by atomic mass is 9.93. The largest absolute Gasteiger partial charge is 0.479 e. The zero-order valence-electron chi connectivity index (χ0n) is 31.1. The maximum Gasteiger partial charge on any atom is 0.192 e. The van der Waals surface area contributed by atoms with E-state index in [2.05, 4.69) is 90.4 Å². The van der Waals surface area contributed by atoms with E-state index < -0.39 is 28.6 Å². The molecule has 0 aliphatic heterocycles. The second-order valence-electron chi connectivity index (χ2n) is 16.5. The minimum Gasteiger partial charge on any atom is -0.479 e. The molecule has 4 aromatic rings. The summed E-state index contributed by atoms with van der Waals surface area (Å²) in [5.74, 6) is 0.0448. The molecule has 49 heavy (non-hydrogen) atoms. The number of rotatable bonds is 10. The maximum absolute atomic E-state index is 13.9. The third-order valence-corrected chi connectivity index (χ3v) is 20.1. The summed E-state index contributed by atoms with van der Waals surface area (Å²) >= 11 is 0. The number of nitriles is 1. The van der Waals surface area contributed by atoms with Crippen LogP contribution in [0.4, 0.5) is 4.39 Å². The van der Waals surface area contributed by atoms with Crippen LogP contribution in [0.2, 0.25) is 36.3 Å². The van der Waals surface area contributed by atoms with Gasteiger partial charge in [-0.15, -0.1) is 0 Å². The average molecular weight is 705 g/mol. The molecule has 9 nitrogen and oxygen atoms in total. The first-order chi connectivity index (χ1) is 22.8. The van der Waals surface area contributed by atoms with Crippen LogP contribution < -0.4 is 4.74 Å². The first-order valence-corrected chi connectivity index (χ1v) is 23.2. The minimum atomic E-state index is -2.15. The number of halogens is 1. The van der Waals surface area contributed by atoms with Crippen molar-refractivity contribution in [2.24, 2.45) is 0 Å². The quantitative estimate of drug-likeness (QED) is 0.152. The Morgan fingerprint density at radius 1 is 0.980 bits per heavy atom. The number of nitrogens with zero attached hydrogens (tertiary/aromatic N) is 6. The standard InChI is InChI=1S/C37H53FN6O3Si2/c1-25-30(23-41-44(25)27-15-17-28(18-16-27)47-49(10,11)37(5,6)7)34-29(21-39)35-32(13-12-20-43(35)42-34)46-33(31-19-14-26(38)22-40-31)24-45-48(8,9)36(2,3)4/h12-14,19-20,22-23,27-28,33H,15-18,24H2,1-11H3. The second kappa shape index (κ2) is 13.7. The molecule has 4 aromatic heterocycles. The predicted molar refractivity (Wildman–Crippen MR) is 196 cm³/mol. The van der Waals surface area contributed by atoms with Gasteiger partial charge in [-0.3, -0.25) is 9.67 Å². The van der Waals surface area contributed by atoms with Gasteiger partial charge < -0.3 is 13.6 Å². The Morgan fingerprint density at radius 3 is 2.24 bits per heavy atom. The Balaban J connectivity index is 1.42. The highest BCUT2D eigenvalue weighted by molar-refractivity contribution is 6.74. The average Bonchev–Trinajstić information content (AvgIpc) is 3.59. The summed E-state index contributed by atoms with van der Waals surface area (Å²) in [5.41, 5.74) is 3.86. The maximum atomic E-state index is 13.9. The van der Waals surface area contributed by atoms with E-state index in [0.717, 1.165) is 36.9 Å². The van der Waals surface area contributed by atoms with E-state index in [1.807, 2.05) is 24.5 Å². The highest BCUT2D eigenvalue weighted by Crippen LogP contribution is 2.42. The summed E-state index contributed by atoms with van der Waals surface area (Å²) in [7, 11) is -3.97. The highest BCUT2D eigenvalue weighted by atomic mass is 28.4.